The first-order valence-corrected chi connectivity index (χ1v) is 12.2. The standard InChI is InChI=1S/C28H30N2O5/c1-17-12-13-30(15-24(17)27(32)33)26(31)18-10-11-19(14-18)29-28(34)35-16-25-22-8-4-2-6-20(22)21-7-3-5-9-23(21)25/h2-11,17-19,24-25H,12-16H2,1H3,(H,29,34)(H,32,33). The van der Waals surface area contributed by atoms with Gasteiger partial charge in [0.05, 0.1) is 17.9 Å². The molecule has 7 heteroatoms. The lowest BCUT2D eigenvalue weighted by molar-refractivity contribution is -0.148. The first-order valence-electron chi connectivity index (χ1n) is 12.2. The van der Waals surface area contributed by atoms with Crippen molar-refractivity contribution in [1.82, 2.24) is 10.2 Å². The number of benzene rings is 2. The van der Waals surface area contributed by atoms with Crippen LogP contribution in [0.25, 0.3) is 11.1 Å². The molecule has 4 unspecified atom stereocenters. The van der Waals surface area contributed by atoms with E-state index >= 15 is 0 Å². The van der Waals surface area contributed by atoms with Crippen LogP contribution in [0.15, 0.2) is 60.7 Å². The van der Waals surface area contributed by atoms with Crippen molar-refractivity contribution in [2.75, 3.05) is 19.7 Å². The third kappa shape index (κ3) is 4.55. The summed E-state index contributed by atoms with van der Waals surface area (Å²) in [5.74, 6) is -1.78. The fourth-order valence-electron chi connectivity index (χ4n) is 5.61. The molecule has 0 radical (unpaired) electrons. The molecule has 3 aliphatic rings. The van der Waals surface area contributed by atoms with Crippen molar-refractivity contribution in [2.24, 2.45) is 17.8 Å². The second kappa shape index (κ2) is 9.56. The zero-order valence-electron chi connectivity index (χ0n) is 19.7. The summed E-state index contributed by atoms with van der Waals surface area (Å²) >= 11 is 0. The van der Waals surface area contributed by atoms with E-state index in [4.69, 9.17) is 4.74 Å². The highest BCUT2D eigenvalue weighted by Crippen LogP contribution is 2.44. The normalized spacial score (nSPS) is 25.1. The van der Waals surface area contributed by atoms with Gasteiger partial charge in [0, 0.05) is 19.0 Å². The first-order chi connectivity index (χ1) is 16.9. The zero-order valence-corrected chi connectivity index (χ0v) is 19.7. The average Bonchev–Trinajstić information content (AvgIpc) is 3.45. The number of nitrogens with one attached hydrogen (secondary N) is 1. The van der Waals surface area contributed by atoms with E-state index in [2.05, 4.69) is 29.6 Å². The number of hydrogen-bond donors (Lipinski definition) is 2. The van der Waals surface area contributed by atoms with Gasteiger partial charge in [0.15, 0.2) is 0 Å². The van der Waals surface area contributed by atoms with Crippen molar-refractivity contribution < 1.29 is 24.2 Å². The Morgan fingerprint density at radius 2 is 1.69 bits per heavy atom. The van der Waals surface area contributed by atoms with Gasteiger partial charge in [0.2, 0.25) is 5.91 Å². The van der Waals surface area contributed by atoms with Crippen molar-refractivity contribution in [2.45, 2.75) is 31.7 Å². The highest BCUT2D eigenvalue weighted by atomic mass is 16.5. The predicted molar refractivity (Wildman–Crippen MR) is 131 cm³/mol. The van der Waals surface area contributed by atoms with E-state index < -0.39 is 18.0 Å². The van der Waals surface area contributed by atoms with E-state index in [1.165, 1.54) is 11.1 Å². The Kier molecular flexibility index (Phi) is 6.32. The highest BCUT2D eigenvalue weighted by Gasteiger charge is 2.37. The number of likely N-dealkylation sites (tertiary alicyclic amines) is 1. The Bertz CT molecular complexity index is 1130. The summed E-state index contributed by atoms with van der Waals surface area (Å²) in [6.45, 7) is 2.97. The number of ether oxygens (including phenoxy) is 1. The topological polar surface area (TPSA) is 95.9 Å². The van der Waals surface area contributed by atoms with Gasteiger partial charge in [-0.15, -0.1) is 0 Å². The minimum absolute atomic E-state index is 0.00901. The number of carboxylic acid groups (broad SMARTS) is 1. The second-order valence-corrected chi connectivity index (χ2v) is 9.80. The van der Waals surface area contributed by atoms with Crippen molar-refractivity contribution in [3.63, 3.8) is 0 Å². The summed E-state index contributed by atoms with van der Waals surface area (Å²) in [7, 11) is 0. The summed E-state index contributed by atoms with van der Waals surface area (Å²) in [6, 6.07) is 16.1. The second-order valence-electron chi connectivity index (χ2n) is 9.80. The molecule has 1 saturated heterocycles. The maximum atomic E-state index is 13.0. The minimum Gasteiger partial charge on any atom is -0.481 e. The van der Waals surface area contributed by atoms with Gasteiger partial charge in [-0.1, -0.05) is 67.6 Å². The number of carbonyl (C=O) groups is 3. The zero-order chi connectivity index (χ0) is 24.5. The molecular formula is C28H30N2O5. The number of hydrogen-bond acceptors (Lipinski definition) is 4. The molecule has 0 saturated carbocycles. The number of rotatable bonds is 5. The molecule has 1 heterocycles. The Hall–Kier alpha value is -3.61. The molecule has 2 aromatic carbocycles. The van der Waals surface area contributed by atoms with Gasteiger partial charge in [-0.05, 0) is 41.0 Å². The van der Waals surface area contributed by atoms with Crippen LogP contribution in [0.4, 0.5) is 4.79 Å². The molecule has 1 aliphatic heterocycles. The number of nitrogens with zero attached hydrogens (tertiary/aromatic N) is 1. The molecule has 1 fully saturated rings. The first kappa shape index (κ1) is 23.1. The molecule has 182 valence electrons. The van der Waals surface area contributed by atoms with E-state index in [0.717, 1.165) is 11.1 Å². The van der Waals surface area contributed by atoms with Gasteiger partial charge in [-0.3, -0.25) is 9.59 Å². The van der Waals surface area contributed by atoms with E-state index in [-0.39, 0.29) is 42.9 Å². The van der Waals surface area contributed by atoms with Crippen LogP contribution in [-0.4, -0.2) is 53.7 Å². The van der Waals surface area contributed by atoms with Crippen molar-refractivity contribution in [3.8, 4) is 11.1 Å². The molecule has 0 aromatic heterocycles. The Labute approximate surface area is 204 Å². The number of carboxylic acids is 1. The van der Waals surface area contributed by atoms with Gasteiger partial charge in [-0.25, -0.2) is 4.79 Å². The Balaban J connectivity index is 1.14. The molecule has 7 nitrogen and oxygen atoms in total. The van der Waals surface area contributed by atoms with Gasteiger partial charge in [0.25, 0.3) is 0 Å². The van der Waals surface area contributed by atoms with Crippen molar-refractivity contribution in [3.05, 3.63) is 71.8 Å². The molecule has 4 atom stereocenters. The van der Waals surface area contributed by atoms with Crippen LogP contribution in [-0.2, 0) is 14.3 Å². The largest absolute Gasteiger partial charge is 0.481 e. The van der Waals surface area contributed by atoms with E-state index in [0.29, 0.717) is 19.4 Å². The van der Waals surface area contributed by atoms with E-state index in [1.54, 1.807) is 4.90 Å². The molecule has 2 aromatic rings. The van der Waals surface area contributed by atoms with Crippen LogP contribution in [0, 0.1) is 17.8 Å². The third-order valence-electron chi connectivity index (χ3n) is 7.63. The van der Waals surface area contributed by atoms with Crippen LogP contribution >= 0.6 is 0 Å². The van der Waals surface area contributed by atoms with Gasteiger partial charge < -0.3 is 20.1 Å². The van der Waals surface area contributed by atoms with E-state index in [9.17, 15) is 19.5 Å². The van der Waals surface area contributed by atoms with Crippen molar-refractivity contribution >= 4 is 18.0 Å². The summed E-state index contributed by atoms with van der Waals surface area (Å²) in [4.78, 5) is 38.7. The van der Waals surface area contributed by atoms with E-state index in [1.807, 2.05) is 43.3 Å². The summed E-state index contributed by atoms with van der Waals surface area (Å²) in [5.41, 5.74) is 4.66. The molecular weight excluding hydrogens is 444 g/mol. The molecule has 2 amide bonds. The third-order valence-corrected chi connectivity index (χ3v) is 7.63. The number of alkyl carbamates (subject to hydrolysis) is 1. The number of carbonyl (C=O) groups excluding carboxylic acids is 2. The van der Waals surface area contributed by atoms with Gasteiger partial charge >= 0.3 is 12.1 Å². The predicted octanol–water partition coefficient (Wildman–Crippen LogP) is 4.04. The number of fused-ring (bicyclic) bond motifs is 3. The quantitative estimate of drug-likeness (QED) is 0.638. The van der Waals surface area contributed by atoms with Crippen LogP contribution in [0.1, 0.15) is 36.8 Å². The lowest BCUT2D eigenvalue weighted by Crippen LogP contribution is -2.47. The molecule has 35 heavy (non-hydrogen) atoms. The SMILES string of the molecule is CC1CCN(C(=O)C2C=CC(NC(=O)OCC3c4ccccc4-c4ccccc43)C2)CC1C(=O)O. The number of piperidine rings is 1. The molecule has 2 aliphatic carbocycles. The molecule has 2 N–H and O–H groups in total. The number of amides is 2. The Morgan fingerprint density at radius 3 is 2.34 bits per heavy atom. The van der Waals surface area contributed by atoms with Gasteiger partial charge in [0.1, 0.15) is 6.61 Å². The van der Waals surface area contributed by atoms with Gasteiger partial charge in [-0.2, -0.15) is 0 Å². The van der Waals surface area contributed by atoms with Crippen LogP contribution in [0.3, 0.4) is 0 Å². The maximum absolute atomic E-state index is 13.0. The molecule has 5 rings (SSSR count). The van der Waals surface area contributed by atoms with Crippen LogP contribution in [0.5, 0.6) is 0 Å². The average molecular weight is 475 g/mol. The lowest BCUT2D eigenvalue weighted by atomic mass is 9.86. The fraction of sp³-hybridized carbons (Fsp3) is 0.393. The summed E-state index contributed by atoms with van der Waals surface area (Å²) in [6.07, 6.45) is 4.26. The van der Waals surface area contributed by atoms with Crippen LogP contribution < -0.4 is 5.32 Å². The maximum Gasteiger partial charge on any atom is 0.407 e. The Morgan fingerprint density at radius 1 is 1.03 bits per heavy atom. The van der Waals surface area contributed by atoms with Crippen molar-refractivity contribution in [1.29, 1.82) is 0 Å². The lowest BCUT2D eigenvalue weighted by Gasteiger charge is -2.36. The fourth-order valence-corrected chi connectivity index (χ4v) is 5.61. The smallest absolute Gasteiger partial charge is 0.407 e. The molecule has 0 spiro atoms. The molecule has 0 bridgehead atoms. The summed E-state index contributed by atoms with van der Waals surface area (Å²) < 4.78 is 5.62. The summed E-state index contributed by atoms with van der Waals surface area (Å²) in [5, 5.41) is 12.3. The monoisotopic (exact) mass is 474 g/mol. The highest BCUT2D eigenvalue weighted by molar-refractivity contribution is 5.83. The minimum atomic E-state index is -0.855. The number of aliphatic carboxylic acids is 1. The van der Waals surface area contributed by atoms with Crippen LogP contribution in [0.2, 0.25) is 0 Å².